The molecule has 27 heavy (non-hydrogen) atoms. The van der Waals surface area contributed by atoms with Crippen molar-refractivity contribution in [1.82, 2.24) is 0 Å². The fraction of sp³-hybridized carbons (Fsp3) is 0.238. The predicted molar refractivity (Wildman–Crippen MR) is 107 cm³/mol. The highest BCUT2D eigenvalue weighted by molar-refractivity contribution is 8.14. The van der Waals surface area contributed by atoms with Gasteiger partial charge < -0.3 is 4.74 Å². The number of halogens is 1. The fourth-order valence-corrected chi connectivity index (χ4v) is 4.14. The van der Waals surface area contributed by atoms with E-state index in [4.69, 9.17) is 4.74 Å². The molecule has 2 aromatic rings. The molecule has 0 aliphatic carbocycles. The number of carbonyl (C=O) groups is 1. The molecule has 0 spiro atoms. The van der Waals surface area contributed by atoms with Crippen LogP contribution in [0.5, 0.6) is 0 Å². The molecule has 0 saturated carbocycles. The number of benzene rings is 2. The lowest BCUT2D eigenvalue weighted by Gasteiger charge is -2.18. The smallest absolute Gasteiger partial charge is 0.283 e. The standard InChI is InChI=1S/C21H19FN2O2S/c22-16-8-10-17(11-9-16)24-20(25)19(13-15-5-2-1-3-6-15)23-21(24)27-14-18-7-4-12-26-18/h1-3,5-6,8-11,13,18H,4,7,12,14H2. The van der Waals surface area contributed by atoms with E-state index < -0.39 is 0 Å². The summed E-state index contributed by atoms with van der Waals surface area (Å²) >= 11 is 1.50. The molecule has 4 nitrogen and oxygen atoms in total. The number of aliphatic imine (C=N–C) groups is 1. The van der Waals surface area contributed by atoms with E-state index in [-0.39, 0.29) is 17.8 Å². The van der Waals surface area contributed by atoms with Crippen LogP contribution >= 0.6 is 11.8 Å². The third-order valence-corrected chi connectivity index (χ3v) is 5.51. The second kappa shape index (κ2) is 8.06. The summed E-state index contributed by atoms with van der Waals surface area (Å²) in [6.07, 6.45) is 4.05. The maximum absolute atomic E-state index is 13.3. The van der Waals surface area contributed by atoms with E-state index in [1.165, 1.54) is 23.9 Å². The van der Waals surface area contributed by atoms with E-state index in [2.05, 4.69) is 4.99 Å². The predicted octanol–water partition coefficient (Wildman–Crippen LogP) is 4.48. The Morgan fingerprint density at radius 1 is 1.19 bits per heavy atom. The van der Waals surface area contributed by atoms with Gasteiger partial charge in [-0.1, -0.05) is 42.1 Å². The molecule has 1 atom stereocenters. The molecular formula is C21H19FN2O2S. The van der Waals surface area contributed by atoms with Crippen molar-refractivity contribution < 1.29 is 13.9 Å². The lowest BCUT2D eigenvalue weighted by Crippen LogP contribution is -2.31. The van der Waals surface area contributed by atoms with Gasteiger partial charge in [0.1, 0.15) is 11.5 Å². The van der Waals surface area contributed by atoms with Gasteiger partial charge in [0, 0.05) is 12.4 Å². The maximum atomic E-state index is 13.3. The summed E-state index contributed by atoms with van der Waals surface area (Å²) in [5, 5.41) is 0.601. The Bertz CT molecular complexity index is 875. The van der Waals surface area contributed by atoms with Gasteiger partial charge >= 0.3 is 0 Å². The minimum Gasteiger partial charge on any atom is -0.377 e. The van der Waals surface area contributed by atoms with Crippen LogP contribution in [0.1, 0.15) is 18.4 Å². The zero-order valence-corrected chi connectivity index (χ0v) is 15.5. The number of carbonyl (C=O) groups excluding carboxylic acids is 1. The quantitative estimate of drug-likeness (QED) is 0.732. The molecule has 1 fully saturated rings. The molecule has 0 radical (unpaired) electrons. The molecule has 6 heteroatoms. The lowest BCUT2D eigenvalue weighted by atomic mass is 10.2. The molecule has 0 bridgehead atoms. The number of ether oxygens (including phenoxy) is 1. The van der Waals surface area contributed by atoms with Crippen molar-refractivity contribution in [2.75, 3.05) is 17.3 Å². The Morgan fingerprint density at radius 3 is 2.67 bits per heavy atom. The highest BCUT2D eigenvalue weighted by atomic mass is 32.2. The molecule has 1 amide bonds. The van der Waals surface area contributed by atoms with Gasteiger partial charge in [-0.2, -0.15) is 0 Å². The Balaban J connectivity index is 1.62. The number of thioether (sulfide) groups is 1. The summed E-state index contributed by atoms with van der Waals surface area (Å²) in [6.45, 7) is 0.789. The van der Waals surface area contributed by atoms with Gasteiger partial charge in [-0.05, 0) is 48.7 Å². The van der Waals surface area contributed by atoms with E-state index in [9.17, 15) is 9.18 Å². The largest absolute Gasteiger partial charge is 0.377 e. The summed E-state index contributed by atoms with van der Waals surface area (Å²) in [4.78, 5) is 19.1. The fourth-order valence-electron chi connectivity index (χ4n) is 3.06. The maximum Gasteiger partial charge on any atom is 0.283 e. The molecule has 4 rings (SSSR count). The highest BCUT2D eigenvalue weighted by Gasteiger charge is 2.32. The van der Waals surface area contributed by atoms with E-state index in [0.29, 0.717) is 16.6 Å². The van der Waals surface area contributed by atoms with Gasteiger partial charge in [-0.15, -0.1) is 0 Å². The van der Waals surface area contributed by atoms with Crippen LogP contribution < -0.4 is 4.90 Å². The van der Waals surface area contributed by atoms with Gasteiger partial charge in [-0.3, -0.25) is 9.69 Å². The second-order valence-electron chi connectivity index (χ2n) is 6.40. The van der Waals surface area contributed by atoms with Crippen LogP contribution in [0.15, 0.2) is 65.3 Å². The van der Waals surface area contributed by atoms with Crippen LogP contribution in [0.4, 0.5) is 10.1 Å². The second-order valence-corrected chi connectivity index (χ2v) is 7.38. The normalized spacial score (nSPS) is 21.1. The van der Waals surface area contributed by atoms with Crippen molar-refractivity contribution in [2.45, 2.75) is 18.9 Å². The van der Waals surface area contributed by atoms with E-state index >= 15 is 0 Å². The summed E-state index contributed by atoms with van der Waals surface area (Å²) in [5.74, 6) is 0.193. The highest BCUT2D eigenvalue weighted by Crippen LogP contribution is 2.31. The van der Waals surface area contributed by atoms with E-state index in [1.54, 1.807) is 23.1 Å². The van der Waals surface area contributed by atoms with Crippen LogP contribution in [0.2, 0.25) is 0 Å². The van der Waals surface area contributed by atoms with Gasteiger partial charge in [0.25, 0.3) is 5.91 Å². The minimum atomic E-state index is -0.337. The average molecular weight is 382 g/mol. The summed E-state index contributed by atoms with van der Waals surface area (Å²) in [6, 6.07) is 15.5. The summed E-state index contributed by atoms with van der Waals surface area (Å²) in [7, 11) is 0. The van der Waals surface area contributed by atoms with Crippen molar-refractivity contribution in [3.63, 3.8) is 0 Å². The molecule has 0 N–H and O–H groups in total. The molecule has 2 aromatic carbocycles. The number of hydrogen-bond acceptors (Lipinski definition) is 4. The van der Waals surface area contributed by atoms with Crippen molar-refractivity contribution in [3.05, 3.63) is 71.7 Å². The Kier molecular flexibility index (Phi) is 5.36. The SMILES string of the molecule is O=C1C(=Cc2ccccc2)N=C(SCC2CCCO2)N1c1ccc(F)cc1. The van der Waals surface area contributed by atoms with Crippen LogP contribution in [-0.2, 0) is 9.53 Å². The molecule has 2 aliphatic heterocycles. The summed E-state index contributed by atoms with van der Waals surface area (Å²) < 4.78 is 19.0. The first-order valence-electron chi connectivity index (χ1n) is 8.90. The van der Waals surface area contributed by atoms with Crippen molar-refractivity contribution in [2.24, 2.45) is 4.99 Å². The van der Waals surface area contributed by atoms with Crippen molar-refractivity contribution in [1.29, 1.82) is 0 Å². The van der Waals surface area contributed by atoms with Gasteiger partial charge in [0.05, 0.1) is 11.8 Å². The average Bonchev–Trinajstić information content (AvgIpc) is 3.30. The number of rotatable bonds is 4. The molecule has 0 aromatic heterocycles. The lowest BCUT2D eigenvalue weighted by molar-refractivity contribution is -0.113. The molecule has 1 saturated heterocycles. The zero-order chi connectivity index (χ0) is 18.6. The van der Waals surface area contributed by atoms with E-state index in [0.717, 1.165) is 30.8 Å². The summed E-state index contributed by atoms with van der Waals surface area (Å²) in [5.41, 5.74) is 1.89. The molecule has 2 heterocycles. The zero-order valence-electron chi connectivity index (χ0n) is 14.7. The van der Waals surface area contributed by atoms with Gasteiger partial charge in [0.15, 0.2) is 5.17 Å². The topological polar surface area (TPSA) is 41.9 Å². The number of nitrogens with zero attached hydrogens (tertiary/aromatic N) is 2. The third-order valence-electron chi connectivity index (χ3n) is 4.44. The molecular weight excluding hydrogens is 363 g/mol. The number of hydrogen-bond donors (Lipinski definition) is 0. The van der Waals surface area contributed by atoms with E-state index in [1.807, 2.05) is 30.3 Å². The molecule has 138 valence electrons. The number of amides is 1. The Labute approximate surface area is 161 Å². The van der Waals surface area contributed by atoms with Gasteiger partial charge in [0.2, 0.25) is 0 Å². The Morgan fingerprint density at radius 2 is 1.96 bits per heavy atom. The van der Waals surface area contributed by atoms with Crippen molar-refractivity contribution >= 4 is 34.6 Å². The van der Waals surface area contributed by atoms with Crippen LogP contribution in [-0.4, -0.2) is 29.5 Å². The van der Waals surface area contributed by atoms with Crippen LogP contribution in [0.3, 0.4) is 0 Å². The van der Waals surface area contributed by atoms with Crippen LogP contribution in [0, 0.1) is 5.82 Å². The number of anilines is 1. The first-order valence-corrected chi connectivity index (χ1v) is 9.89. The molecule has 2 aliphatic rings. The van der Waals surface area contributed by atoms with Crippen LogP contribution in [0.25, 0.3) is 6.08 Å². The monoisotopic (exact) mass is 382 g/mol. The Hall–Kier alpha value is -2.44. The minimum absolute atomic E-state index is 0.185. The third kappa shape index (κ3) is 4.12. The van der Waals surface area contributed by atoms with Crippen molar-refractivity contribution in [3.8, 4) is 0 Å². The molecule has 1 unspecified atom stereocenters. The number of amidine groups is 1. The first kappa shape index (κ1) is 17.9. The van der Waals surface area contributed by atoms with Gasteiger partial charge in [-0.25, -0.2) is 9.38 Å². The first-order chi connectivity index (χ1) is 13.2.